The normalized spacial score (nSPS) is 15.7. The Morgan fingerprint density at radius 1 is 0.941 bits per heavy atom. The highest BCUT2D eigenvalue weighted by atomic mass is 32.2. The van der Waals surface area contributed by atoms with E-state index < -0.39 is 11.2 Å². The molecular formula is C27H23NO5S. The SMILES string of the molecule is COC(=O)C(=Cc1ccc(C)cc1)c1ccc(Oc2ccc(CC3SC(=O)NC3=O)cc2)cc1. The molecule has 0 aromatic heterocycles. The standard InChI is InChI=1S/C27H23NO5S/c1-17-3-5-18(6-4-17)15-23(26(30)32-2)20-9-13-22(14-10-20)33-21-11-7-19(8-12-21)16-24-25(29)28-27(31)34-24/h3-15,24H,16H2,1-2H3,(H,28,29,31). The topological polar surface area (TPSA) is 81.7 Å². The second-order valence-electron chi connectivity index (χ2n) is 7.82. The number of nitrogens with one attached hydrogen (secondary N) is 1. The Hall–Kier alpha value is -3.84. The first-order valence-electron chi connectivity index (χ1n) is 10.7. The first-order chi connectivity index (χ1) is 16.4. The smallest absolute Gasteiger partial charge is 0.338 e. The molecule has 0 aliphatic carbocycles. The molecular weight excluding hydrogens is 450 g/mol. The number of aryl methyl sites for hydroxylation is 1. The Morgan fingerprint density at radius 3 is 2.12 bits per heavy atom. The van der Waals surface area contributed by atoms with E-state index in [4.69, 9.17) is 9.47 Å². The zero-order valence-corrected chi connectivity index (χ0v) is 19.6. The lowest BCUT2D eigenvalue weighted by Crippen LogP contribution is -2.25. The number of benzene rings is 3. The summed E-state index contributed by atoms with van der Waals surface area (Å²) in [6.07, 6.45) is 2.27. The fraction of sp³-hybridized carbons (Fsp3) is 0.148. The number of carbonyl (C=O) groups is 3. The van der Waals surface area contributed by atoms with Gasteiger partial charge in [-0.1, -0.05) is 65.9 Å². The lowest BCUT2D eigenvalue weighted by atomic mass is 10.0. The lowest BCUT2D eigenvalue weighted by Gasteiger charge is -2.10. The molecule has 1 fully saturated rings. The molecule has 0 bridgehead atoms. The molecule has 0 radical (unpaired) electrons. The number of thioether (sulfide) groups is 1. The Morgan fingerprint density at radius 2 is 1.56 bits per heavy atom. The molecule has 0 spiro atoms. The summed E-state index contributed by atoms with van der Waals surface area (Å²) < 4.78 is 10.9. The van der Waals surface area contributed by atoms with Crippen molar-refractivity contribution < 1.29 is 23.9 Å². The summed E-state index contributed by atoms with van der Waals surface area (Å²) >= 11 is 1.02. The van der Waals surface area contributed by atoms with Gasteiger partial charge in [-0.05, 0) is 60.4 Å². The number of ether oxygens (including phenoxy) is 2. The zero-order chi connectivity index (χ0) is 24.1. The van der Waals surface area contributed by atoms with Crippen molar-refractivity contribution in [1.29, 1.82) is 0 Å². The molecule has 1 atom stereocenters. The van der Waals surface area contributed by atoms with Crippen LogP contribution in [0.4, 0.5) is 4.79 Å². The second kappa shape index (κ2) is 10.4. The second-order valence-corrected chi connectivity index (χ2v) is 8.99. The van der Waals surface area contributed by atoms with Crippen LogP contribution in [0.2, 0.25) is 0 Å². The van der Waals surface area contributed by atoms with Crippen molar-refractivity contribution in [3.05, 3.63) is 95.1 Å². The molecule has 0 saturated carbocycles. The number of hydrogen-bond acceptors (Lipinski definition) is 6. The van der Waals surface area contributed by atoms with E-state index in [0.717, 1.165) is 34.0 Å². The average molecular weight is 474 g/mol. The van der Waals surface area contributed by atoms with Crippen molar-refractivity contribution in [2.45, 2.75) is 18.6 Å². The first kappa shape index (κ1) is 23.3. The molecule has 3 aromatic rings. The van der Waals surface area contributed by atoms with E-state index in [1.54, 1.807) is 18.2 Å². The molecule has 1 heterocycles. The van der Waals surface area contributed by atoms with Crippen LogP contribution in [0, 0.1) is 6.92 Å². The van der Waals surface area contributed by atoms with Crippen LogP contribution in [-0.2, 0) is 20.7 Å². The van der Waals surface area contributed by atoms with Crippen LogP contribution in [0.3, 0.4) is 0 Å². The fourth-order valence-corrected chi connectivity index (χ4v) is 4.33. The van der Waals surface area contributed by atoms with Crippen LogP contribution in [0.15, 0.2) is 72.8 Å². The van der Waals surface area contributed by atoms with Crippen LogP contribution < -0.4 is 10.1 Å². The van der Waals surface area contributed by atoms with Gasteiger partial charge in [0.05, 0.1) is 17.9 Å². The van der Waals surface area contributed by atoms with Gasteiger partial charge in [-0.15, -0.1) is 0 Å². The summed E-state index contributed by atoms with van der Waals surface area (Å²) in [6.45, 7) is 2.01. The van der Waals surface area contributed by atoms with Gasteiger partial charge in [0.1, 0.15) is 11.5 Å². The predicted molar refractivity (Wildman–Crippen MR) is 133 cm³/mol. The fourth-order valence-electron chi connectivity index (χ4n) is 3.47. The zero-order valence-electron chi connectivity index (χ0n) is 18.7. The summed E-state index contributed by atoms with van der Waals surface area (Å²) in [4.78, 5) is 35.4. The molecule has 1 aliphatic heterocycles. The number of imide groups is 1. The van der Waals surface area contributed by atoms with E-state index in [9.17, 15) is 14.4 Å². The predicted octanol–water partition coefficient (Wildman–Crippen LogP) is 5.40. The molecule has 34 heavy (non-hydrogen) atoms. The Bertz CT molecular complexity index is 1230. The number of amides is 2. The number of methoxy groups -OCH3 is 1. The molecule has 6 nitrogen and oxygen atoms in total. The van der Waals surface area contributed by atoms with E-state index in [1.165, 1.54) is 7.11 Å². The van der Waals surface area contributed by atoms with Gasteiger partial charge in [-0.2, -0.15) is 0 Å². The van der Waals surface area contributed by atoms with Gasteiger partial charge in [0, 0.05) is 0 Å². The van der Waals surface area contributed by atoms with Crippen LogP contribution in [-0.4, -0.2) is 29.5 Å². The van der Waals surface area contributed by atoms with Gasteiger partial charge in [0.2, 0.25) is 5.91 Å². The quantitative estimate of drug-likeness (QED) is 0.281. The molecule has 1 unspecified atom stereocenters. The molecule has 7 heteroatoms. The van der Waals surface area contributed by atoms with Crippen LogP contribution in [0.25, 0.3) is 11.6 Å². The van der Waals surface area contributed by atoms with Gasteiger partial charge < -0.3 is 9.47 Å². The molecule has 1 aliphatic rings. The van der Waals surface area contributed by atoms with Gasteiger partial charge in [0.25, 0.3) is 5.24 Å². The summed E-state index contributed by atoms with van der Waals surface area (Å²) in [5.41, 5.74) is 4.16. The molecule has 172 valence electrons. The Balaban J connectivity index is 1.45. The van der Waals surface area contributed by atoms with E-state index >= 15 is 0 Å². The summed E-state index contributed by atoms with van der Waals surface area (Å²) in [7, 11) is 1.36. The van der Waals surface area contributed by atoms with Crippen molar-refractivity contribution >= 4 is 40.5 Å². The minimum Gasteiger partial charge on any atom is -0.465 e. The van der Waals surface area contributed by atoms with Crippen LogP contribution >= 0.6 is 11.8 Å². The number of esters is 1. The van der Waals surface area contributed by atoms with Crippen molar-refractivity contribution in [1.82, 2.24) is 5.32 Å². The van der Waals surface area contributed by atoms with E-state index in [2.05, 4.69) is 5.32 Å². The van der Waals surface area contributed by atoms with Crippen molar-refractivity contribution in [3.63, 3.8) is 0 Å². The molecule has 4 rings (SSSR count). The van der Waals surface area contributed by atoms with E-state index in [-0.39, 0.29) is 11.1 Å². The highest BCUT2D eigenvalue weighted by Crippen LogP contribution is 2.28. The van der Waals surface area contributed by atoms with Crippen molar-refractivity contribution in [3.8, 4) is 11.5 Å². The summed E-state index contributed by atoms with van der Waals surface area (Å²) in [6, 6.07) is 22.5. The molecule has 1 saturated heterocycles. The minimum atomic E-state index is -0.416. The maximum absolute atomic E-state index is 12.4. The number of hydrogen-bond donors (Lipinski definition) is 1. The highest BCUT2D eigenvalue weighted by Gasteiger charge is 2.31. The molecule has 2 amide bonds. The molecule has 1 N–H and O–H groups in total. The average Bonchev–Trinajstić information content (AvgIpc) is 3.16. The van der Waals surface area contributed by atoms with Crippen LogP contribution in [0.5, 0.6) is 11.5 Å². The van der Waals surface area contributed by atoms with Crippen molar-refractivity contribution in [2.24, 2.45) is 0 Å². The summed E-state index contributed by atoms with van der Waals surface area (Å²) in [5, 5.41) is 1.59. The Kier molecular flexibility index (Phi) is 7.13. The van der Waals surface area contributed by atoms with Gasteiger partial charge in [0.15, 0.2) is 0 Å². The van der Waals surface area contributed by atoms with Gasteiger partial charge >= 0.3 is 5.97 Å². The maximum Gasteiger partial charge on any atom is 0.338 e. The maximum atomic E-state index is 12.4. The van der Waals surface area contributed by atoms with E-state index in [0.29, 0.717) is 23.5 Å². The third-order valence-electron chi connectivity index (χ3n) is 5.31. The third-order valence-corrected chi connectivity index (χ3v) is 6.29. The number of carbonyl (C=O) groups excluding carboxylic acids is 3. The molecule has 3 aromatic carbocycles. The minimum absolute atomic E-state index is 0.252. The number of rotatable bonds is 7. The Labute approximate surface area is 202 Å². The largest absolute Gasteiger partial charge is 0.465 e. The van der Waals surface area contributed by atoms with Gasteiger partial charge in [-0.25, -0.2) is 4.79 Å². The first-order valence-corrected chi connectivity index (χ1v) is 11.5. The van der Waals surface area contributed by atoms with Crippen molar-refractivity contribution in [2.75, 3.05) is 7.11 Å². The van der Waals surface area contributed by atoms with Crippen LogP contribution in [0.1, 0.15) is 22.3 Å². The monoisotopic (exact) mass is 473 g/mol. The highest BCUT2D eigenvalue weighted by molar-refractivity contribution is 8.15. The van der Waals surface area contributed by atoms with E-state index in [1.807, 2.05) is 67.6 Å². The lowest BCUT2D eigenvalue weighted by molar-refractivity contribution is -0.133. The van der Waals surface area contributed by atoms with Gasteiger partial charge in [-0.3, -0.25) is 14.9 Å². The summed E-state index contributed by atoms with van der Waals surface area (Å²) in [5.74, 6) is 0.589. The third kappa shape index (κ3) is 5.74.